The minimum absolute atomic E-state index is 0.0579. The lowest BCUT2D eigenvalue weighted by molar-refractivity contribution is -0.241. The van der Waals surface area contributed by atoms with Gasteiger partial charge in [0.1, 0.15) is 0 Å². The van der Waals surface area contributed by atoms with Gasteiger partial charge in [-0.1, -0.05) is 0 Å². The summed E-state index contributed by atoms with van der Waals surface area (Å²) in [7, 11) is 1.21. The van der Waals surface area contributed by atoms with E-state index in [0.717, 1.165) is 12.8 Å². The number of fused-ring (bicyclic) bond motifs is 1. The number of rotatable bonds is 2. The van der Waals surface area contributed by atoms with Crippen molar-refractivity contribution in [1.29, 1.82) is 0 Å². The molecule has 5 nitrogen and oxygen atoms in total. The van der Waals surface area contributed by atoms with Crippen molar-refractivity contribution in [2.24, 2.45) is 17.8 Å². The Kier molecular flexibility index (Phi) is 2.90. The van der Waals surface area contributed by atoms with Crippen molar-refractivity contribution >= 4 is 5.97 Å². The van der Waals surface area contributed by atoms with Crippen molar-refractivity contribution < 1.29 is 24.5 Å². The molecule has 1 aliphatic heterocycles. The number of methoxy groups -OCH3 is 1. The quantitative estimate of drug-likeness (QED) is 0.652. The van der Waals surface area contributed by atoms with Gasteiger partial charge in [0.25, 0.3) is 0 Å². The van der Waals surface area contributed by atoms with E-state index in [1.165, 1.54) is 13.4 Å². The fourth-order valence-electron chi connectivity index (χ4n) is 2.80. The van der Waals surface area contributed by atoms with E-state index in [9.17, 15) is 15.0 Å². The molecule has 0 aromatic carbocycles. The summed E-state index contributed by atoms with van der Waals surface area (Å²) in [6.07, 6.45) is 4.80. The normalized spacial score (nSPS) is 41.3. The predicted octanol–water partition coefficient (Wildman–Crippen LogP) is 0.0266. The number of aliphatic hydroxyl groups is 2. The molecule has 1 saturated carbocycles. The Labute approximate surface area is 93.7 Å². The zero-order valence-electron chi connectivity index (χ0n) is 9.13. The Morgan fingerprint density at radius 3 is 3.00 bits per heavy atom. The minimum atomic E-state index is -1.95. The summed E-state index contributed by atoms with van der Waals surface area (Å²) in [6, 6.07) is 0. The highest BCUT2D eigenvalue weighted by Gasteiger charge is 2.57. The highest BCUT2D eigenvalue weighted by Crippen LogP contribution is 2.47. The zero-order chi connectivity index (χ0) is 11.8. The third kappa shape index (κ3) is 1.51. The van der Waals surface area contributed by atoms with Crippen molar-refractivity contribution in [3.63, 3.8) is 0 Å². The van der Waals surface area contributed by atoms with Crippen LogP contribution >= 0.6 is 0 Å². The number of aliphatic hydroxyl groups excluding tert-OH is 1. The van der Waals surface area contributed by atoms with E-state index in [0.29, 0.717) is 0 Å². The van der Waals surface area contributed by atoms with Crippen molar-refractivity contribution in [3.05, 3.63) is 12.3 Å². The fourth-order valence-corrected chi connectivity index (χ4v) is 2.80. The Balaban J connectivity index is 2.31. The smallest absolute Gasteiger partial charge is 0.379 e. The van der Waals surface area contributed by atoms with Gasteiger partial charge >= 0.3 is 11.8 Å². The van der Waals surface area contributed by atoms with Gasteiger partial charge in [-0.15, -0.1) is 0 Å². The van der Waals surface area contributed by atoms with Gasteiger partial charge in [-0.05, 0) is 30.8 Å². The molecular weight excluding hydrogens is 212 g/mol. The van der Waals surface area contributed by atoms with E-state index in [2.05, 4.69) is 4.74 Å². The van der Waals surface area contributed by atoms with Crippen LogP contribution in [0.3, 0.4) is 0 Å². The topological polar surface area (TPSA) is 76.0 Å². The van der Waals surface area contributed by atoms with Crippen LogP contribution in [-0.4, -0.2) is 35.7 Å². The van der Waals surface area contributed by atoms with E-state index in [-0.39, 0.29) is 18.4 Å². The molecule has 0 spiro atoms. The first kappa shape index (κ1) is 11.4. The maximum absolute atomic E-state index is 11.6. The van der Waals surface area contributed by atoms with Crippen LogP contribution in [0.2, 0.25) is 0 Å². The number of carbonyl (C=O) groups excluding carboxylic acids is 1. The molecule has 0 aromatic heterocycles. The Morgan fingerprint density at radius 1 is 1.62 bits per heavy atom. The third-order valence-corrected chi connectivity index (χ3v) is 3.58. The molecule has 4 unspecified atom stereocenters. The minimum Gasteiger partial charge on any atom is -0.464 e. The largest absolute Gasteiger partial charge is 0.464 e. The molecule has 0 amide bonds. The number of hydrogen-bond acceptors (Lipinski definition) is 5. The molecule has 90 valence electrons. The summed E-state index contributed by atoms with van der Waals surface area (Å²) in [5.74, 6) is -3.23. The van der Waals surface area contributed by atoms with Crippen LogP contribution < -0.4 is 0 Å². The second kappa shape index (κ2) is 4.07. The van der Waals surface area contributed by atoms with Gasteiger partial charge in [-0.2, -0.15) is 0 Å². The molecule has 1 fully saturated rings. The maximum Gasteiger partial charge on any atom is 0.379 e. The molecular formula is C11H16O5. The van der Waals surface area contributed by atoms with Crippen molar-refractivity contribution in [3.8, 4) is 0 Å². The van der Waals surface area contributed by atoms with Gasteiger partial charge in [0.05, 0.1) is 13.4 Å². The lowest BCUT2D eigenvalue weighted by Crippen LogP contribution is -2.53. The predicted molar refractivity (Wildman–Crippen MR) is 54.0 cm³/mol. The average molecular weight is 228 g/mol. The van der Waals surface area contributed by atoms with Gasteiger partial charge in [0, 0.05) is 12.5 Å². The van der Waals surface area contributed by atoms with E-state index >= 15 is 0 Å². The van der Waals surface area contributed by atoms with Gasteiger partial charge in [-0.25, -0.2) is 4.79 Å². The molecule has 0 saturated heterocycles. The van der Waals surface area contributed by atoms with Gasteiger partial charge in [0.2, 0.25) is 0 Å². The summed E-state index contributed by atoms with van der Waals surface area (Å²) < 4.78 is 9.62. The Morgan fingerprint density at radius 2 is 2.38 bits per heavy atom. The lowest BCUT2D eigenvalue weighted by atomic mass is 9.81. The molecule has 16 heavy (non-hydrogen) atoms. The molecule has 2 N–H and O–H groups in total. The highest BCUT2D eigenvalue weighted by molar-refractivity contribution is 5.78. The van der Waals surface area contributed by atoms with Crippen LogP contribution in [-0.2, 0) is 14.3 Å². The van der Waals surface area contributed by atoms with Crippen LogP contribution in [0.1, 0.15) is 12.8 Å². The van der Waals surface area contributed by atoms with Gasteiger partial charge in [-0.3, -0.25) is 0 Å². The lowest BCUT2D eigenvalue weighted by Gasteiger charge is -2.38. The highest BCUT2D eigenvalue weighted by atomic mass is 16.7. The number of esters is 1. The molecule has 0 aromatic rings. The molecule has 2 rings (SSSR count). The molecule has 4 atom stereocenters. The summed E-state index contributed by atoms with van der Waals surface area (Å²) in [5.41, 5.74) is 0. The molecule has 1 aliphatic carbocycles. The first-order valence-electron chi connectivity index (χ1n) is 5.39. The third-order valence-electron chi connectivity index (χ3n) is 3.58. The Bertz CT molecular complexity index is 313. The van der Waals surface area contributed by atoms with Crippen LogP contribution in [0.5, 0.6) is 0 Å². The summed E-state index contributed by atoms with van der Waals surface area (Å²) in [6.45, 7) is -0.0579. The molecule has 0 radical (unpaired) electrons. The summed E-state index contributed by atoms with van der Waals surface area (Å²) in [5, 5.41) is 19.5. The first-order chi connectivity index (χ1) is 7.63. The van der Waals surface area contributed by atoms with E-state index in [1.807, 2.05) is 6.08 Å². The molecule has 1 heterocycles. The first-order valence-corrected chi connectivity index (χ1v) is 5.39. The van der Waals surface area contributed by atoms with Gasteiger partial charge in [0.15, 0.2) is 0 Å². The average Bonchev–Trinajstić information content (AvgIpc) is 2.72. The summed E-state index contributed by atoms with van der Waals surface area (Å²) >= 11 is 0. The van der Waals surface area contributed by atoms with Crippen LogP contribution in [0.25, 0.3) is 0 Å². The standard InChI is InChI=1S/C11H16O5/c1-15-10(13)11(14)9-7(4-5-16-11)2-3-8(9)6-12/h4-5,7-9,12,14H,2-3,6H2,1H3. The van der Waals surface area contributed by atoms with Crippen LogP contribution in [0, 0.1) is 17.8 Å². The summed E-state index contributed by atoms with van der Waals surface area (Å²) in [4.78, 5) is 11.6. The van der Waals surface area contributed by atoms with E-state index in [1.54, 1.807) is 0 Å². The van der Waals surface area contributed by atoms with Gasteiger partial charge < -0.3 is 19.7 Å². The monoisotopic (exact) mass is 228 g/mol. The van der Waals surface area contributed by atoms with E-state index in [4.69, 9.17) is 4.74 Å². The molecule has 0 bridgehead atoms. The van der Waals surface area contributed by atoms with Crippen molar-refractivity contribution in [1.82, 2.24) is 0 Å². The zero-order valence-corrected chi connectivity index (χ0v) is 9.13. The molecule has 5 heteroatoms. The van der Waals surface area contributed by atoms with E-state index < -0.39 is 17.7 Å². The SMILES string of the molecule is COC(=O)C1(O)OC=CC2CCC(CO)C21. The van der Waals surface area contributed by atoms with Crippen LogP contribution in [0.4, 0.5) is 0 Å². The Hall–Kier alpha value is -1.07. The fraction of sp³-hybridized carbons (Fsp3) is 0.727. The van der Waals surface area contributed by atoms with Crippen molar-refractivity contribution in [2.45, 2.75) is 18.6 Å². The maximum atomic E-state index is 11.6. The number of ether oxygens (including phenoxy) is 2. The van der Waals surface area contributed by atoms with Crippen molar-refractivity contribution in [2.75, 3.05) is 13.7 Å². The number of carbonyl (C=O) groups is 1. The number of hydrogen-bond donors (Lipinski definition) is 2. The number of allylic oxidation sites excluding steroid dienone is 1. The molecule has 2 aliphatic rings. The second-order valence-electron chi connectivity index (χ2n) is 4.34. The second-order valence-corrected chi connectivity index (χ2v) is 4.34. The van der Waals surface area contributed by atoms with Crippen LogP contribution in [0.15, 0.2) is 12.3 Å².